The molecule has 1 atom stereocenters. The van der Waals surface area contributed by atoms with Crippen LogP contribution in [0.15, 0.2) is 30.3 Å². The molecule has 0 aliphatic carbocycles. The molecule has 2 rings (SSSR count). The number of carboxylic acid groups (broad SMARTS) is 1. The molecule has 4 nitrogen and oxygen atoms in total. The monoisotopic (exact) mass is 261 g/mol. The van der Waals surface area contributed by atoms with Crippen LogP contribution >= 0.6 is 0 Å². The predicted molar refractivity (Wildman–Crippen MR) is 73.6 cm³/mol. The van der Waals surface area contributed by atoms with E-state index in [0.29, 0.717) is 0 Å². The maximum absolute atomic E-state index is 10.5. The van der Waals surface area contributed by atoms with Crippen LogP contribution in [-0.4, -0.2) is 40.3 Å². The summed E-state index contributed by atoms with van der Waals surface area (Å²) >= 11 is 0. The highest BCUT2D eigenvalue weighted by Gasteiger charge is 2.23. The van der Waals surface area contributed by atoms with Crippen molar-refractivity contribution in [3.63, 3.8) is 0 Å². The van der Waals surface area contributed by atoms with Crippen LogP contribution in [0.5, 0.6) is 0 Å². The standard InChI is InChI=1S/C15H19NO3/c17-11-14-5-2-8-16(14)10-13-4-1-3-12(9-13)6-7-15(18)19/h1,3-4,6-7,9,14,17H,2,5,8,10-11H2,(H,18,19)/b7-6+. The molecule has 2 N–H and O–H groups in total. The number of hydrogen-bond donors (Lipinski definition) is 2. The van der Waals surface area contributed by atoms with Gasteiger partial charge in [-0.15, -0.1) is 0 Å². The van der Waals surface area contributed by atoms with Crippen LogP contribution in [0.1, 0.15) is 24.0 Å². The van der Waals surface area contributed by atoms with Gasteiger partial charge in [-0.1, -0.05) is 24.3 Å². The molecule has 19 heavy (non-hydrogen) atoms. The second-order valence-electron chi connectivity index (χ2n) is 4.87. The largest absolute Gasteiger partial charge is 0.478 e. The van der Waals surface area contributed by atoms with E-state index in [9.17, 15) is 9.90 Å². The topological polar surface area (TPSA) is 60.8 Å². The fourth-order valence-electron chi connectivity index (χ4n) is 2.51. The van der Waals surface area contributed by atoms with Gasteiger partial charge in [-0.05, 0) is 36.6 Å². The highest BCUT2D eigenvalue weighted by molar-refractivity contribution is 5.85. The molecule has 0 spiro atoms. The highest BCUT2D eigenvalue weighted by Crippen LogP contribution is 2.20. The number of hydrogen-bond acceptors (Lipinski definition) is 3. The maximum atomic E-state index is 10.5. The molecule has 4 heteroatoms. The van der Waals surface area contributed by atoms with E-state index in [1.54, 1.807) is 6.08 Å². The van der Waals surface area contributed by atoms with Gasteiger partial charge in [-0.2, -0.15) is 0 Å². The van der Waals surface area contributed by atoms with Crippen LogP contribution in [0.25, 0.3) is 6.08 Å². The fourth-order valence-corrected chi connectivity index (χ4v) is 2.51. The molecule has 1 saturated heterocycles. The number of aliphatic hydroxyl groups excluding tert-OH is 1. The molecule has 1 aliphatic heterocycles. The lowest BCUT2D eigenvalue weighted by Crippen LogP contribution is -2.31. The Hall–Kier alpha value is -1.65. The summed E-state index contributed by atoms with van der Waals surface area (Å²) in [5, 5.41) is 17.9. The van der Waals surface area contributed by atoms with Crippen molar-refractivity contribution in [1.82, 2.24) is 4.90 Å². The van der Waals surface area contributed by atoms with Crippen molar-refractivity contribution >= 4 is 12.0 Å². The van der Waals surface area contributed by atoms with E-state index in [-0.39, 0.29) is 12.6 Å². The second kappa shape index (κ2) is 6.50. The number of aliphatic carboxylic acids is 1. The summed E-state index contributed by atoms with van der Waals surface area (Å²) in [6, 6.07) is 8.10. The zero-order chi connectivity index (χ0) is 13.7. The molecule has 1 aromatic carbocycles. The molecular weight excluding hydrogens is 242 g/mol. The van der Waals surface area contributed by atoms with Gasteiger partial charge in [0.05, 0.1) is 6.61 Å². The SMILES string of the molecule is O=C(O)/C=C/c1cccc(CN2CCCC2CO)c1. The van der Waals surface area contributed by atoms with Gasteiger partial charge in [0.2, 0.25) is 0 Å². The van der Waals surface area contributed by atoms with Crippen LogP contribution in [0.2, 0.25) is 0 Å². The first-order chi connectivity index (χ1) is 9.19. The van der Waals surface area contributed by atoms with Gasteiger partial charge >= 0.3 is 5.97 Å². The molecule has 1 unspecified atom stereocenters. The molecule has 1 heterocycles. The van der Waals surface area contributed by atoms with Crippen LogP contribution in [0, 0.1) is 0 Å². The summed E-state index contributed by atoms with van der Waals surface area (Å²) in [6.07, 6.45) is 4.92. The van der Waals surface area contributed by atoms with E-state index in [2.05, 4.69) is 4.90 Å². The Morgan fingerprint density at radius 3 is 3.05 bits per heavy atom. The number of likely N-dealkylation sites (tertiary alicyclic amines) is 1. The van der Waals surface area contributed by atoms with Crippen LogP contribution in [-0.2, 0) is 11.3 Å². The normalized spacial score (nSPS) is 20.2. The maximum Gasteiger partial charge on any atom is 0.328 e. The zero-order valence-electron chi connectivity index (χ0n) is 10.8. The Labute approximate surface area is 113 Å². The second-order valence-corrected chi connectivity index (χ2v) is 4.87. The van der Waals surface area contributed by atoms with Gasteiger partial charge in [0, 0.05) is 18.7 Å². The third-order valence-corrected chi connectivity index (χ3v) is 3.46. The number of rotatable bonds is 5. The lowest BCUT2D eigenvalue weighted by atomic mass is 10.1. The highest BCUT2D eigenvalue weighted by atomic mass is 16.4. The first kappa shape index (κ1) is 13.8. The molecule has 1 aromatic rings. The van der Waals surface area contributed by atoms with Gasteiger partial charge in [-0.25, -0.2) is 4.79 Å². The van der Waals surface area contributed by atoms with E-state index >= 15 is 0 Å². The quantitative estimate of drug-likeness (QED) is 0.793. The average molecular weight is 261 g/mol. The van der Waals surface area contributed by atoms with Crippen LogP contribution in [0.4, 0.5) is 0 Å². The first-order valence-corrected chi connectivity index (χ1v) is 6.54. The Morgan fingerprint density at radius 1 is 1.47 bits per heavy atom. The Kier molecular flexibility index (Phi) is 4.71. The lowest BCUT2D eigenvalue weighted by Gasteiger charge is -2.22. The molecule has 102 valence electrons. The number of carboxylic acids is 1. The summed E-state index contributed by atoms with van der Waals surface area (Å²) in [6.45, 7) is 2.03. The van der Waals surface area contributed by atoms with E-state index in [1.807, 2.05) is 24.3 Å². The molecule has 1 aliphatic rings. The Morgan fingerprint density at radius 2 is 2.32 bits per heavy atom. The van der Waals surface area contributed by atoms with Crippen molar-refractivity contribution in [2.75, 3.05) is 13.2 Å². The van der Waals surface area contributed by atoms with Gasteiger partial charge in [-0.3, -0.25) is 4.90 Å². The molecule has 0 bridgehead atoms. The minimum Gasteiger partial charge on any atom is -0.478 e. The van der Waals surface area contributed by atoms with E-state index in [4.69, 9.17) is 5.11 Å². The first-order valence-electron chi connectivity index (χ1n) is 6.54. The minimum absolute atomic E-state index is 0.207. The van der Waals surface area contributed by atoms with E-state index < -0.39 is 5.97 Å². The average Bonchev–Trinajstić information content (AvgIpc) is 2.84. The van der Waals surface area contributed by atoms with Crippen molar-refractivity contribution in [2.45, 2.75) is 25.4 Å². The summed E-state index contributed by atoms with van der Waals surface area (Å²) in [7, 11) is 0. The van der Waals surface area contributed by atoms with Gasteiger partial charge in [0.1, 0.15) is 0 Å². The zero-order valence-corrected chi connectivity index (χ0v) is 10.8. The van der Waals surface area contributed by atoms with Crippen molar-refractivity contribution in [3.8, 4) is 0 Å². The number of aliphatic hydroxyl groups is 1. The smallest absolute Gasteiger partial charge is 0.328 e. The van der Waals surface area contributed by atoms with Gasteiger partial charge in [0.15, 0.2) is 0 Å². The Bertz CT molecular complexity index is 470. The lowest BCUT2D eigenvalue weighted by molar-refractivity contribution is -0.131. The fraction of sp³-hybridized carbons (Fsp3) is 0.400. The molecule has 0 radical (unpaired) electrons. The van der Waals surface area contributed by atoms with E-state index in [1.165, 1.54) is 0 Å². The number of carbonyl (C=O) groups is 1. The third kappa shape index (κ3) is 3.91. The van der Waals surface area contributed by atoms with Gasteiger partial charge < -0.3 is 10.2 Å². The molecule has 1 fully saturated rings. The van der Waals surface area contributed by atoms with Crippen LogP contribution in [0.3, 0.4) is 0 Å². The molecular formula is C15H19NO3. The van der Waals surface area contributed by atoms with Crippen LogP contribution < -0.4 is 0 Å². The summed E-state index contributed by atoms with van der Waals surface area (Å²) in [4.78, 5) is 12.8. The third-order valence-electron chi connectivity index (χ3n) is 3.46. The van der Waals surface area contributed by atoms with Crippen molar-refractivity contribution < 1.29 is 15.0 Å². The predicted octanol–water partition coefficient (Wildman–Crippen LogP) is 1.74. The van der Waals surface area contributed by atoms with Crippen molar-refractivity contribution in [2.24, 2.45) is 0 Å². The summed E-state index contributed by atoms with van der Waals surface area (Å²) in [5.74, 6) is -0.940. The minimum atomic E-state index is -0.940. The number of nitrogens with zero attached hydrogens (tertiary/aromatic N) is 1. The molecule has 0 amide bonds. The van der Waals surface area contributed by atoms with Crippen molar-refractivity contribution in [3.05, 3.63) is 41.5 Å². The number of benzene rings is 1. The van der Waals surface area contributed by atoms with Gasteiger partial charge in [0.25, 0.3) is 0 Å². The summed E-state index contributed by atoms with van der Waals surface area (Å²) in [5.41, 5.74) is 2.03. The van der Waals surface area contributed by atoms with Crippen molar-refractivity contribution in [1.29, 1.82) is 0 Å². The Balaban J connectivity index is 2.04. The summed E-state index contributed by atoms with van der Waals surface area (Å²) < 4.78 is 0. The molecule has 0 saturated carbocycles. The van der Waals surface area contributed by atoms with E-state index in [0.717, 1.165) is 43.1 Å². The molecule has 0 aromatic heterocycles.